The summed E-state index contributed by atoms with van der Waals surface area (Å²) >= 11 is 1.49. The number of benzene rings is 2. The maximum Gasteiger partial charge on any atom is 0.416 e. The van der Waals surface area contributed by atoms with Crippen molar-refractivity contribution in [2.75, 3.05) is 10.8 Å². The largest absolute Gasteiger partial charge is 0.508 e. The van der Waals surface area contributed by atoms with Crippen LogP contribution in [0.5, 0.6) is 5.75 Å². The number of carbonyl (C=O) groups excluding carboxylic acids is 1. The Kier molecular flexibility index (Phi) is 3.59. The van der Waals surface area contributed by atoms with Crippen molar-refractivity contribution >= 4 is 29.1 Å². The first-order valence-corrected chi connectivity index (χ1v) is 8.76. The number of carbonyl (C=O) groups is 1. The number of amides is 1. The van der Waals surface area contributed by atoms with Crippen molar-refractivity contribution in [2.24, 2.45) is 10.5 Å². The van der Waals surface area contributed by atoms with E-state index in [0.717, 1.165) is 22.0 Å². The Morgan fingerprint density at radius 2 is 1.88 bits per heavy atom. The van der Waals surface area contributed by atoms with E-state index < -0.39 is 17.2 Å². The number of hydrazone groups is 1. The van der Waals surface area contributed by atoms with Crippen LogP contribution in [0.3, 0.4) is 0 Å². The van der Waals surface area contributed by atoms with Crippen molar-refractivity contribution < 1.29 is 23.1 Å². The molecule has 134 valence electrons. The van der Waals surface area contributed by atoms with E-state index in [1.54, 1.807) is 25.1 Å². The highest BCUT2D eigenvalue weighted by Crippen LogP contribution is 2.46. The fourth-order valence-electron chi connectivity index (χ4n) is 3.09. The highest BCUT2D eigenvalue weighted by Gasteiger charge is 2.51. The molecule has 0 fully saturated rings. The second kappa shape index (κ2) is 5.51. The van der Waals surface area contributed by atoms with E-state index in [1.807, 2.05) is 0 Å². The molecule has 0 saturated heterocycles. The third-order valence-electron chi connectivity index (χ3n) is 4.56. The molecule has 1 unspecified atom stereocenters. The number of phenols is 1. The summed E-state index contributed by atoms with van der Waals surface area (Å²) in [4.78, 5) is 13.9. The third-order valence-corrected chi connectivity index (χ3v) is 5.95. The van der Waals surface area contributed by atoms with Gasteiger partial charge in [0, 0.05) is 16.2 Å². The number of halogens is 3. The number of fused-ring (bicyclic) bond motifs is 3. The Hall–Kier alpha value is -2.48. The predicted molar refractivity (Wildman–Crippen MR) is 92.4 cm³/mol. The van der Waals surface area contributed by atoms with Gasteiger partial charge in [0.25, 0.3) is 5.91 Å². The van der Waals surface area contributed by atoms with Crippen LogP contribution in [0.15, 0.2) is 52.5 Å². The smallest absolute Gasteiger partial charge is 0.416 e. The minimum absolute atomic E-state index is 0.0664. The molecular weight excluding hydrogens is 365 g/mol. The first kappa shape index (κ1) is 17.0. The lowest BCUT2D eigenvalue weighted by molar-refractivity contribution is -0.137. The monoisotopic (exact) mass is 378 g/mol. The van der Waals surface area contributed by atoms with Crippen molar-refractivity contribution in [3.8, 4) is 5.75 Å². The number of hydrogen-bond acceptors (Lipinski definition) is 4. The van der Waals surface area contributed by atoms with Gasteiger partial charge in [-0.25, -0.2) is 0 Å². The molecule has 0 bridgehead atoms. The Bertz CT molecular complexity index is 940. The lowest BCUT2D eigenvalue weighted by Crippen LogP contribution is -2.41. The molecule has 2 heterocycles. The van der Waals surface area contributed by atoms with Crippen LogP contribution in [-0.4, -0.2) is 22.5 Å². The van der Waals surface area contributed by atoms with Crippen LogP contribution in [0.1, 0.15) is 18.1 Å². The van der Waals surface area contributed by atoms with Gasteiger partial charge in [0.05, 0.1) is 17.0 Å². The lowest BCUT2D eigenvalue weighted by Gasteiger charge is -2.29. The highest BCUT2D eigenvalue weighted by molar-refractivity contribution is 7.99. The summed E-state index contributed by atoms with van der Waals surface area (Å²) in [6, 6.07) is 9.23. The van der Waals surface area contributed by atoms with Crippen molar-refractivity contribution in [1.29, 1.82) is 0 Å². The number of phenolic OH excluding ortho intramolecular Hbond substituents is 1. The zero-order valence-corrected chi connectivity index (χ0v) is 14.4. The molecule has 1 N–H and O–H groups in total. The number of hydrogen-bond donors (Lipinski definition) is 1. The van der Waals surface area contributed by atoms with E-state index in [-0.39, 0.29) is 17.3 Å². The van der Waals surface area contributed by atoms with Gasteiger partial charge in [-0.05, 0) is 49.4 Å². The van der Waals surface area contributed by atoms with Crippen LogP contribution in [-0.2, 0) is 11.0 Å². The Morgan fingerprint density at radius 1 is 1.19 bits per heavy atom. The highest BCUT2D eigenvalue weighted by atomic mass is 32.2. The minimum Gasteiger partial charge on any atom is -0.508 e. The zero-order chi connectivity index (χ0) is 18.7. The standard InChI is InChI=1S/C18H13F3N2O2S/c1-17-9-26-14-7-6-12(24)8-13(14)15(17)22-23(16(17)25)11-4-2-10(3-5-11)18(19,20)21/h2-8,24H,9H2,1H3. The Balaban J connectivity index is 1.77. The number of aromatic hydroxyl groups is 1. The SMILES string of the molecule is CC12CSc3ccc(O)cc3C1=NN(c1ccc(C(F)(F)F)cc1)C2=O. The molecule has 0 spiro atoms. The summed E-state index contributed by atoms with van der Waals surface area (Å²) in [5, 5.41) is 15.3. The number of anilines is 1. The molecule has 0 aromatic heterocycles. The lowest BCUT2D eigenvalue weighted by atomic mass is 9.82. The van der Waals surface area contributed by atoms with Gasteiger partial charge >= 0.3 is 6.18 Å². The second-order valence-electron chi connectivity index (χ2n) is 6.41. The van der Waals surface area contributed by atoms with Crippen LogP contribution < -0.4 is 5.01 Å². The summed E-state index contributed by atoms with van der Waals surface area (Å²) < 4.78 is 38.2. The molecule has 4 nitrogen and oxygen atoms in total. The molecule has 0 saturated carbocycles. The molecule has 8 heteroatoms. The topological polar surface area (TPSA) is 52.9 Å². The van der Waals surface area contributed by atoms with Crippen LogP contribution in [0.2, 0.25) is 0 Å². The molecule has 1 amide bonds. The summed E-state index contributed by atoms with van der Waals surface area (Å²) in [7, 11) is 0. The Labute approximate surface area is 151 Å². The average Bonchev–Trinajstić information content (AvgIpc) is 2.86. The van der Waals surface area contributed by atoms with Crippen LogP contribution in [0, 0.1) is 5.41 Å². The fourth-order valence-corrected chi connectivity index (χ4v) is 4.27. The normalized spacial score (nSPS) is 22.1. The van der Waals surface area contributed by atoms with E-state index >= 15 is 0 Å². The summed E-state index contributed by atoms with van der Waals surface area (Å²) in [6.45, 7) is 1.76. The van der Waals surface area contributed by atoms with E-state index in [2.05, 4.69) is 5.10 Å². The van der Waals surface area contributed by atoms with E-state index in [4.69, 9.17) is 0 Å². The van der Waals surface area contributed by atoms with Gasteiger partial charge in [-0.3, -0.25) is 4.79 Å². The molecule has 2 aromatic carbocycles. The number of thioether (sulfide) groups is 1. The number of rotatable bonds is 1. The zero-order valence-electron chi connectivity index (χ0n) is 13.5. The third kappa shape index (κ3) is 2.47. The van der Waals surface area contributed by atoms with Crippen molar-refractivity contribution in [2.45, 2.75) is 18.0 Å². The second-order valence-corrected chi connectivity index (χ2v) is 7.43. The molecule has 2 aromatic rings. The van der Waals surface area contributed by atoms with Gasteiger partial charge < -0.3 is 5.11 Å². The minimum atomic E-state index is -4.44. The maximum absolute atomic E-state index is 13.0. The summed E-state index contributed by atoms with van der Waals surface area (Å²) in [5.41, 5.74) is -0.208. The Morgan fingerprint density at radius 3 is 2.54 bits per heavy atom. The number of alkyl halides is 3. The summed E-state index contributed by atoms with van der Waals surface area (Å²) in [6.07, 6.45) is -4.44. The molecule has 2 aliphatic heterocycles. The first-order valence-electron chi connectivity index (χ1n) is 7.77. The molecule has 4 rings (SSSR count). The van der Waals surface area contributed by atoms with Crippen LogP contribution in [0.4, 0.5) is 18.9 Å². The molecule has 0 radical (unpaired) electrons. The quantitative estimate of drug-likeness (QED) is 0.806. The first-order chi connectivity index (χ1) is 12.2. The molecular formula is C18H13F3N2O2S. The van der Waals surface area contributed by atoms with Crippen LogP contribution in [0.25, 0.3) is 0 Å². The van der Waals surface area contributed by atoms with E-state index in [9.17, 15) is 23.1 Å². The van der Waals surface area contributed by atoms with Gasteiger partial charge in [-0.15, -0.1) is 11.8 Å². The van der Waals surface area contributed by atoms with E-state index in [0.29, 0.717) is 17.0 Å². The van der Waals surface area contributed by atoms with Crippen molar-refractivity contribution in [1.82, 2.24) is 0 Å². The van der Waals surface area contributed by atoms with Crippen molar-refractivity contribution in [3.05, 3.63) is 53.6 Å². The van der Waals surface area contributed by atoms with E-state index in [1.165, 1.54) is 23.9 Å². The number of nitrogens with zero attached hydrogens (tertiary/aromatic N) is 2. The molecule has 26 heavy (non-hydrogen) atoms. The van der Waals surface area contributed by atoms with Gasteiger partial charge in [-0.1, -0.05) is 0 Å². The average molecular weight is 378 g/mol. The maximum atomic E-state index is 13.0. The summed E-state index contributed by atoms with van der Waals surface area (Å²) in [5.74, 6) is 0.241. The fraction of sp³-hybridized carbons (Fsp3) is 0.222. The van der Waals surface area contributed by atoms with Crippen molar-refractivity contribution in [3.63, 3.8) is 0 Å². The molecule has 0 aliphatic carbocycles. The predicted octanol–water partition coefficient (Wildman–Crippen LogP) is 4.27. The van der Waals surface area contributed by atoms with Gasteiger partial charge in [0.1, 0.15) is 11.2 Å². The molecule has 2 aliphatic rings. The van der Waals surface area contributed by atoms with Gasteiger partial charge in [-0.2, -0.15) is 23.3 Å². The molecule has 1 atom stereocenters. The van der Waals surface area contributed by atoms with Gasteiger partial charge in [0.2, 0.25) is 0 Å². The van der Waals surface area contributed by atoms with Crippen LogP contribution >= 0.6 is 11.8 Å². The van der Waals surface area contributed by atoms with Gasteiger partial charge in [0.15, 0.2) is 0 Å².